The van der Waals surface area contributed by atoms with Crippen molar-refractivity contribution in [2.45, 2.75) is 64.7 Å². The third-order valence-electron chi connectivity index (χ3n) is 4.67. The quantitative estimate of drug-likeness (QED) is 0.426. The van der Waals surface area contributed by atoms with Crippen molar-refractivity contribution in [3.8, 4) is 6.07 Å². The summed E-state index contributed by atoms with van der Waals surface area (Å²) in [5.74, 6) is 0.637. The number of nitriles is 1. The first-order chi connectivity index (χ1) is 13.5. The Kier molecular flexibility index (Phi) is 9.11. The van der Waals surface area contributed by atoms with Crippen molar-refractivity contribution in [2.24, 2.45) is 11.1 Å². The van der Waals surface area contributed by atoms with Crippen molar-refractivity contribution >= 4 is 28.3 Å². The Morgan fingerprint density at radius 2 is 2.00 bits per heavy atom. The number of allylic oxidation sites excluding steroid dienone is 2. The molecule has 0 bridgehead atoms. The molecule has 0 atom stereocenters. The third kappa shape index (κ3) is 6.13. The Hall–Kier alpha value is -1.74. The first-order valence-electron chi connectivity index (χ1n) is 9.98. The van der Waals surface area contributed by atoms with Crippen LogP contribution in [0.4, 0.5) is 5.00 Å². The zero-order valence-corrected chi connectivity index (χ0v) is 19.0. The van der Waals surface area contributed by atoms with Crippen LogP contribution in [0.3, 0.4) is 0 Å². The molecule has 1 aromatic heterocycles. The summed E-state index contributed by atoms with van der Waals surface area (Å²) in [6, 6.07) is 10.8. The van der Waals surface area contributed by atoms with Gasteiger partial charge in [0.25, 0.3) is 0 Å². The molecule has 2 aromatic rings. The molecule has 1 aromatic carbocycles. The topological polar surface area (TPSA) is 61.8 Å². The number of nitrogens with two attached hydrogens (primary N) is 1. The molecule has 150 valence electrons. The van der Waals surface area contributed by atoms with E-state index in [4.69, 9.17) is 5.14 Å². The molecule has 0 aliphatic rings. The highest BCUT2D eigenvalue weighted by atomic mass is 32.2. The molecule has 0 fully saturated rings. The number of nitrogens with zero attached hydrogens (tertiary/aromatic N) is 1. The average Bonchev–Trinajstić information content (AvgIpc) is 3.03. The molecule has 0 radical (unpaired) electrons. The number of hydrogen-bond donors (Lipinski definition) is 2. The van der Waals surface area contributed by atoms with Crippen LogP contribution in [0.15, 0.2) is 40.9 Å². The second kappa shape index (κ2) is 11.3. The van der Waals surface area contributed by atoms with Crippen LogP contribution in [0.2, 0.25) is 0 Å². The Labute approximate surface area is 178 Å². The van der Waals surface area contributed by atoms with Crippen LogP contribution < -0.4 is 10.5 Å². The minimum Gasteiger partial charge on any atom is -0.350 e. The molecule has 0 saturated heterocycles. The van der Waals surface area contributed by atoms with Crippen LogP contribution in [0.5, 0.6) is 0 Å². The van der Waals surface area contributed by atoms with E-state index >= 15 is 0 Å². The lowest BCUT2D eigenvalue weighted by Crippen LogP contribution is -2.04. The minimum absolute atomic E-state index is 0.637. The van der Waals surface area contributed by atoms with Crippen molar-refractivity contribution in [1.29, 1.82) is 5.26 Å². The maximum Gasteiger partial charge on any atom is 0.111 e. The molecular weight excluding hydrogens is 382 g/mol. The molecule has 3 nitrogen and oxygen atoms in total. The Morgan fingerprint density at radius 3 is 2.54 bits per heavy atom. The lowest BCUT2D eigenvalue weighted by Gasteiger charge is -2.11. The molecule has 5 heteroatoms. The molecule has 0 unspecified atom stereocenters. The number of benzene rings is 1. The largest absolute Gasteiger partial charge is 0.350 e. The van der Waals surface area contributed by atoms with Crippen LogP contribution in [-0.2, 0) is 19.3 Å². The summed E-state index contributed by atoms with van der Waals surface area (Å²) in [5.41, 5.74) is 4.45. The van der Waals surface area contributed by atoms with Crippen molar-refractivity contribution < 1.29 is 0 Å². The number of hydrogen-bond acceptors (Lipinski definition) is 5. The van der Waals surface area contributed by atoms with E-state index in [1.165, 1.54) is 28.0 Å². The van der Waals surface area contributed by atoms with E-state index in [0.717, 1.165) is 53.3 Å². The summed E-state index contributed by atoms with van der Waals surface area (Å²) in [4.78, 5) is 2.39. The number of anilines is 1. The van der Waals surface area contributed by atoms with E-state index in [-0.39, 0.29) is 0 Å². The highest BCUT2D eigenvalue weighted by molar-refractivity contribution is 7.97. The molecule has 2 rings (SSSR count). The zero-order chi connectivity index (χ0) is 20.5. The van der Waals surface area contributed by atoms with E-state index < -0.39 is 0 Å². The Bertz CT molecular complexity index is 827. The monoisotopic (exact) mass is 413 g/mol. The first kappa shape index (κ1) is 22.5. The summed E-state index contributed by atoms with van der Waals surface area (Å²) in [6.45, 7) is 8.79. The molecule has 0 saturated carbocycles. The average molecular weight is 414 g/mol. The van der Waals surface area contributed by atoms with Crippen LogP contribution >= 0.6 is 23.3 Å². The van der Waals surface area contributed by atoms with Gasteiger partial charge in [-0.3, -0.25) is 5.14 Å². The van der Waals surface area contributed by atoms with Crippen molar-refractivity contribution in [1.82, 2.24) is 0 Å². The molecule has 0 spiro atoms. The molecule has 28 heavy (non-hydrogen) atoms. The molecule has 0 aliphatic heterocycles. The van der Waals surface area contributed by atoms with Gasteiger partial charge in [0.15, 0.2) is 0 Å². The molecule has 3 N–H and O–H groups in total. The predicted molar refractivity (Wildman–Crippen MR) is 124 cm³/mol. The summed E-state index contributed by atoms with van der Waals surface area (Å²) < 4.78 is 0. The molecule has 1 heterocycles. The fraction of sp³-hybridized carbons (Fsp3) is 0.435. The normalized spacial score (nSPS) is 11.7. The van der Waals surface area contributed by atoms with Crippen molar-refractivity contribution in [2.75, 3.05) is 5.32 Å². The summed E-state index contributed by atoms with van der Waals surface area (Å²) >= 11 is 3.00. The van der Waals surface area contributed by atoms with Crippen LogP contribution in [0.1, 0.15) is 62.1 Å². The van der Waals surface area contributed by atoms with E-state index in [1.807, 2.05) is 0 Å². The number of nitrogens with one attached hydrogen (secondary N) is 1. The lowest BCUT2D eigenvalue weighted by molar-refractivity contribution is 0.585. The standard InChI is InChI=1S/C23H31N3S2/c1-5-7-18(14-17-9-11-19(28-25)12-10-17)26-23-21(15-24)20(13-8-16(3)4)22(6-2)27-23/h7,9-12,16,26H,5-6,8,13-14,25H2,1-4H3/b18-7-. The second-order valence-electron chi connectivity index (χ2n) is 7.31. The number of aryl methyl sites for hydroxylation is 1. The lowest BCUT2D eigenvalue weighted by atomic mass is 9.99. The maximum absolute atomic E-state index is 9.85. The van der Waals surface area contributed by atoms with Gasteiger partial charge in [-0.1, -0.05) is 45.9 Å². The van der Waals surface area contributed by atoms with Gasteiger partial charge >= 0.3 is 0 Å². The van der Waals surface area contributed by atoms with E-state index in [2.05, 4.69) is 69.4 Å². The molecular formula is C23H31N3S2. The van der Waals surface area contributed by atoms with Gasteiger partial charge in [0.1, 0.15) is 11.1 Å². The van der Waals surface area contributed by atoms with E-state index in [1.54, 1.807) is 11.3 Å². The Balaban J connectivity index is 2.26. The molecule has 0 aliphatic carbocycles. The van der Waals surface area contributed by atoms with Crippen molar-refractivity contribution in [3.05, 3.63) is 57.6 Å². The van der Waals surface area contributed by atoms with Gasteiger partial charge in [0.2, 0.25) is 0 Å². The zero-order valence-electron chi connectivity index (χ0n) is 17.3. The van der Waals surface area contributed by atoms with E-state index in [0.29, 0.717) is 5.92 Å². The first-order valence-corrected chi connectivity index (χ1v) is 11.7. The van der Waals surface area contributed by atoms with Gasteiger partial charge in [-0.25, -0.2) is 0 Å². The third-order valence-corrected chi connectivity index (χ3v) is 6.51. The summed E-state index contributed by atoms with van der Waals surface area (Å²) in [7, 11) is 0. The molecule has 0 amide bonds. The minimum atomic E-state index is 0.637. The maximum atomic E-state index is 9.85. The van der Waals surface area contributed by atoms with Gasteiger partial charge in [0.05, 0.1) is 5.56 Å². The van der Waals surface area contributed by atoms with Gasteiger partial charge in [0, 0.05) is 21.9 Å². The second-order valence-corrected chi connectivity index (χ2v) is 9.12. The summed E-state index contributed by atoms with van der Waals surface area (Å²) in [6.07, 6.45) is 7.04. The van der Waals surface area contributed by atoms with Crippen LogP contribution in [-0.4, -0.2) is 0 Å². The highest BCUT2D eigenvalue weighted by Gasteiger charge is 2.18. The van der Waals surface area contributed by atoms with Crippen LogP contribution in [0, 0.1) is 17.2 Å². The van der Waals surface area contributed by atoms with E-state index in [9.17, 15) is 5.26 Å². The van der Waals surface area contributed by atoms with Crippen molar-refractivity contribution in [3.63, 3.8) is 0 Å². The van der Waals surface area contributed by atoms with Crippen LogP contribution in [0.25, 0.3) is 0 Å². The van der Waals surface area contributed by atoms with Gasteiger partial charge in [-0.2, -0.15) is 5.26 Å². The number of rotatable bonds is 10. The fourth-order valence-electron chi connectivity index (χ4n) is 3.17. The number of thiophene rings is 1. The fourth-order valence-corrected chi connectivity index (χ4v) is 4.63. The Morgan fingerprint density at radius 1 is 1.29 bits per heavy atom. The van der Waals surface area contributed by atoms with Gasteiger partial charge in [-0.05, 0) is 66.8 Å². The highest BCUT2D eigenvalue weighted by Crippen LogP contribution is 2.36. The van der Waals surface area contributed by atoms with Gasteiger partial charge in [-0.15, -0.1) is 11.3 Å². The van der Waals surface area contributed by atoms with Gasteiger partial charge < -0.3 is 5.32 Å². The predicted octanol–water partition coefficient (Wildman–Crippen LogP) is 6.69. The summed E-state index contributed by atoms with van der Waals surface area (Å²) in [5, 5.41) is 20.0. The smallest absolute Gasteiger partial charge is 0.111 e. The SMILES string of the molecule is CC/C=C(/Cc1ccc(SN)cc1)Nc1sc(CC)c(CCC(C)C)c1C#N.